The van der Waals surface area contributed by atoms with Crippen LogP contribution in [0.5, 0.6) is 0 Å². The second-order valence-electron chi connectivity index (χ2n) is 22.7. The van der Waals surface area contributed by atoms with Gasteiger partial charge in [-0.3, -0.25) is 14.4 Å². The Hall–Kier alpha value is -4.19. The largest absolute Gasteiger partial charge is 0.462 e. The van der Waals surface area contributed by atoms with Crippen molar-refractivity contribution in [2.75, 3.05) is 13.2 Å². The van der Waals surface area contributed by atoms with Crippen molar-refractivity contribution in [1.29, 1.82) is 0 Å². The predicted octanol–water partition coefficient (Wildman–Crippen LogP) is 23.9. The van der Waals surface area contributed by atoms with Crippen LogP contribution in [0.25, 0.3) is 0 Å². The average Bonchev–Trinajstić information content (AvgIpc) is 3.47. The topological polar surface area (TPSA) is 78.9 Å². The van der Waals surface area contributed by atoms with Gasteiger partial charge in [0.1, 0.15) is 13.2 Å². The fourth-order valence-electron chi connectivity index (χ4n) is 9.55. The number of unbranched alkanes of at least 4 members (excludes halogenated alkanes) is 31. The van der Waals surface area contributed by atoms with E-state index in [2.05, 4.69) is 142 Å². The van der Waals surface area contributed by atoms with E-state index in [1.165, 1.54) is 154 Å². The van der Waals surface area contributed by atoms with E-state index >= 15 is 0 Å². The predicted molar refractivity (Wildman–Crippen MR) is 357 cm³/mol. The Morgan fingerprint density at radius 1 is 0.256 bits per heavy atom. The van der Waals surface area contributed by atoms with Crippen molar-refractivity contribution < 1.29 is 28.6 Å². The molecule has 0 rings (SSSR count). The van der Waals surface area contributed by atoms with Gasteiger partial charge in [-0.1, -0.05) is 309 Å². The molecule has 0 saturated heterocycles. The Morgan fingerprint density at radius 3 is 0.744 bits per heavy atom. The van der Waals surface area contributed by atoms with Crippen LogP contribution in [0, 0.1) is 0 Å². The minimum atomic E-state index is -0.784. The first kappa shape index (κ1) is 77.8. The number of hydrogen-bond donors (Lipinski definition) is 0. The van der Waals surface area contributed by atoms with Crippen molar-refractivity contribution >= 4 is 17.9 Å². The summed E-state index contributed by atoms with van der Waals surface area (Å²) in [6, 6.07) is 0. The average molecular weight is 1140 g/mol. The molecule has 0 aliphatic carbocycles. The van der Waals surface area contributed by atoms with Crippen LogP contribution in [-0.2, 0) is 28.6 Å². The molecule has 0 aliphatic heterocycles. The first-order valence-corrected chi connectivity index (χ1v) is 34.5. The molecular weight excluding hydrogens is 1010 g/mol. The molecule has 6 heteroatoms. The summed E-state index contributed by atoms with van der Waals surface area (Å²) in [6.07, 6.45) is 96.8. The summed E-state index contributed by atoms with van der Waals surface area (Å²) in [5, 5.41) is 0. The van der Waals surface area contributed by atoms with Gasteiger partial charge in [-0.15, -0.1) is 0 Å². The van der Waals surface area contributed by atoms with Crippen molar-refractivity contribution in [1.82, 2.24) is 0 Å². The molecule has 0 fully saturated rings. The molecule has 0 saturated carbocycles. The zero-order chi connectivity index (χ0) is 59.2. The van der Waals surface area contributed by atoms with E-state index in [0.717, 1.165) is 128 Å². The molecule has 1 unspecified atom stereocenters. The van der Waals surface area contributed by atoms with Crippen LogP contribution in [0.4, 0.5) is 0 Å². The van der Waals surface area contributed by atoms with Crippen LogP contribution < -0.4 is 0 Å². The molecule has 468 valence electrons. The van der Waals surface area contributed by atoms with Gasteiger partial charge in [0.2, 0.25) is 0 Å². The molecule has 6 nitrogen and oxygen atoms in total. The zero-order valence-corrected chi connectivity index (χ0v) is 53.7. The summed E-state index contributed by atoms with van der Waals surface area (Å²) >= 11 is 0. The molecule has 0 aromatic rings. The second-order valence-corrected chi connectivity index (χ2v) is 22.7. The normalized spacial score (nSPS) is 12.9. The molecule has 0 aromatic carbocycles. The molecule has 1 atom stereocenters. The van der Waals surface area contributed by atoms with Crippen LogP contribution in [0.3, 0.4) is 0 Å². The highest BCUT2D eigenvalue weighted by Crippen LogP contribution is 2.16. The third-order valence-corrected chi connectivity index (χ3v) is 14.7. The molecule has 82 heavy (non-hydrogen) atoms. The second kappa shape index (κ2) is 69.3. The number of allylic oxidation sites excluding steroid dienone is 20. The lowest BCUT2D eigenvalue weighted by Crippen LogP contribution is -2.30. The number of hydrogen-bond acceptors (Lipinski definition) is 6. The highest BCUT2D eigenvalue weighted by atomic mass is 16.6. The lowest BCUT2D eigenvalue weighted by Gasteiger charge is -2.18. The molecular formula is C76H128O6. The van der Waals surface area contributed by atoms with Gasteiger partial charge in [-0.25, -0.2) is 0 Å². The van der Waals surface area contributed by atoms with Crippen molar-refractivity contribution in [3.8, 4) is 0 Å². The Bertz CT molecular complexity index is 1690. The summed E-state index contributed by atoms with van der Waals surface area (Å²) < 4.78 is 16.8. The van der Waals surface area contributed by atoms with E-state index in [9.17, 15) is 14.4 Å². The van der Waals surface area contributed by atoms with Gasteiger partial charge in [0.15, 0.2) is 6.10 Å². The lowest BCUT2D eigenvalue weighted by atomic mass is 10.0. The minimum absolute atomic E-state index is 0.0827. The van der Waals surface area contributed by atoms with Gasteiger partial charge < -0.3 is 14.2 Å². The number of carbonyl (C=O) groups excluding carboxylic acids is 3. The van der Waals surface area contributed by atoms with Gasteiger partial charge in [-0.2, -0.15) is 0 Å². The van der Waals surface area contributed by atoms with Crippen molar-refractivity contribution in [2.24, 2.45) is 0 Å². The SMILES string of the molecule is CC/C=C\C/C=C\C/C=C\C/C=C\C/C=C\C/C=C\C/C=C\C/C=C\CCCCCCCCC(=O)OCC(COC(=O)CCCCCCCC)OC(=O)CCCCCCCCCCCCCCCCC/C=C\C/C=C\CCCCCCC. The maximum Gasteiger partial charge on any atom is 0.306 e. The van der Waals surface area contributed by atoms with E-state index in [4.69, 9.17) is 14.2 Å². The monoisotopic (exact) mass is 1140 g/mol. The van der Waals surface area contributed by atoms with E-state index in [0.29, 0.717) is 19.3 Å². The minimum Gasteiger partial charge on any atom is -0.462 e. The lowest BCUT2D eigenvalue weighted by molar-refractivity contribution is -0.167. The third-order valence-electron chi connectivity index (χ3n) is 14.7. The quantitative estimate of drug-likeness (QED) is 0.0261. The fraction of sp³-hybridized carbons (Fsp3) is 0.697. The summed E-state index contributed by atoms with van der Waals surface area (Å²) in [5.41, 5.74) is 0. The smallest absolute Gasteiger partial charge is 0.306 e. The number of carbonyl (C=O) groups is 3. The number of esters is 3. The van der Waals surface area contributed by atoms with Crippen LogP contribution >= 0.6 is 0 Å². The van der Waals surface area contributed by atoms with Crippen LogP contribution in [0.1, 0.15) is 323 Å². The maximum absolute atomic E-state index is 12.9. The first-order valence-electron chi connectivity index (χ1n) is 34.5. The molecule has 0 N–H and O–H groups in total. The van der Waals surface area contributed by atoms with E-state index < -0.39 is 6.10 Å². The van der Waals surface area contributed by atoms with Crippen LogP contribution in [0.15, 0.2) is 122 Å². The van der Waals surface area contributed by atoms with E-state index in [1.54, 1.807) is 0 Å². The maximum atomic E-state index is 12.9. The van der Waals surface area contributed by atoms with E-state index in [1.807, 2.05) is 0 Å². The molecule has 0 aromatic heterocycles. The summed E-state index contributed by atoms with van der Waals surface area (Å²) in [4.78, 5) is 38.1. The fourth-order valence-corrected chi connectivity index (χ4v) is 9.55. The van der Waals surface area contributed by atoms with Gasteiger partial charge in [0, 0.05) is 19.3 Å². The summed E-state index contributed by atoms with van der Waals surface area (Å²) in [6.45, 7) is 6.47. The van der Waals surface area contributed by atoms with Crippen molar-refractivity contribution in [3.05, 3.63) is 122 Å². The molecule has 0 radical (unpaired) electrons. The van der Waals surface area contributed by atoms with Gasteiger partial charge >= 0.3 is 17.9 Å². The highest BCUT2D eigenvalue weighted by Gasteiger charge is 2.19. The molecule has 0 aliphatic rings. The van der Waals surface area contributed by atoms with E-state index in [-0.39, 0.29) is 31.1 Å². The van der Waals surface area contributed by atoms with Gasteiger partial charge in [0.05, 0.1) is 0 Å². The Labute approximate surface area is 507 Å². The molecule has 0 bridgehead atoms. The summed E-state index contributed by atoms with van der Waals surface area (Å²) in [5.74, 6) is -0.900. The third kappa shape index (κ3) is 66.6. The molecule has 0 spiro atoms. The van der Waals surface area contributed by atoms with Gasteiger partial charge in [0.25, 0.3) is 0 Å². The summed E-state index contributed by atoms with van der Waals surface area (Å²) in [7, 11) is 0. The molecule has 0 amide bonds. The van der Waals surface area contributed by atoms with Crippen LogP contribution in [0.2, 0.25) is 0 Å². The number of ether oxygens (including phenoxy) is 3. The highest BCUT2D eigenvalue weighted by molar-refractivity contribution is 5.71. The first-order chi connectivity index (χ1) is 40.5. The standard InChI is InChI=1S/C76H128O6/c1-4-7-10-13-16-18-20-22-24-26-28-30-32-34-36-37-38-39-41-42-44-46-48-50-52-54-56-58-60-63-66-69-75(78)81-72-73(71-80-74(77)68-65-62-15-12-9-6-3)82-76(79)70-67-64-61-59-57-55-53-51-49-47-45-43-40-35-33-31-29-27-25-23-21-19-17-14-11-8-5-2/h7,10,16,18,21-24,27-30,34,36,38-39,42,44,48,50,73H,4-6,8-9,11-15,17,19-20,25-26,31-33,35,37,40-41,43,45-47,49,51-72H2,1-3H3/b10-7-,18-16-,23-21-,24-22-,29-27-,30-28-,36-34-,39-38-,44-42-,50-48-. The Kier molecular flexibility index (Phi) is 65.8. The molecule has 0 heterocycles. The number of rotatable bonds is 62. The van der Waals surface area contributed by atoms with Crippen LogP contribution in [-0.4, -0.2) is 37.2 Å². The Balaban J connectivity index is 4.11. The van der Waals surface area contributed by atoms with Gasteiger partial charge in [-0.05, 0) is 116 Å². The van der Waals surface area contributed by atoms with Crippen molar-refractivity contribution in [3.63, 3.8) is 0 Å². The van der Waals surface area contributed by atoms with Crippen molar-refractivity contribution in [2.45, 2.75) is 329 Å². The Morgan fingerprint density at radius 2 is 0.476 bits per heavy atom. The zero-order valence-electron chi connectivity index (χ0n) is 53.7.